The number of nitrogens with zero attached hydrogens (tertiary/aromatic N) is 8. The van der Waals surface area contributed by atoms with Crippen LogP contribution in [0.5, 0.6) is 0 Å². The predicted octanol–water partition coefficient (Wildman–Crippen LogP) is 7.51. The Kier molecular flexibility index (Phi) is 10.7. The fourth-order valence-corrected chi connectivity index (χ4v) is 9.32. The van der Waals surface area contributed by atoms with E-state index >= 15 is 13.6 Å². The van der Waals surface area contributed by atoms with E-state index in [0.717, 1.165) is 23.0 Å². The van der Waals surface area contributed by atoms with Gasteiger partial charge in [-0.05, 0) is 61.2 Å². The van der Waals surface area contributed by atoms with Gasteiger partial charge in [0.15, 0.2) is 5.82 Å². The number of hydrogen-bond acceptors (Lipinski definition) is 9. The maximum absolute atomic E-state index is 15.6. The number of carbonyl (C=O) groups excluding carboxylic acids is 1. The van der Waals surface area contributed by atoms with Crippen LogP contribution >= 0.6 is 11.6 Å². The molecule has 9 rings (SSSR count). The van der Waals surface area contributed by atoms with E-state index in [1.54, 1.807) is 6.92 Å². The van der Waals surface area contributed by atoms with Gasteiger partial charge in [0.1, 0.15) is 41.9 Å². The van der Waals surface area contributed by atoms with Crippen LogP contribution in [0.25, 0.3) is 38.8 Å². The van der Waals surface area contributed by atoms with E-state index in [-0.39, 0.29) is 50.1 Å². The molecule has 2 aliphatic rings. The Balaban J connectivity index is 1.29. The molecule has 4 aromatic heterocycles. The second-order valence-electron chi connectivity index (χ2n) is 15.7. The van der Waals surface area contributed by atoms with E-state index in [0.29, 0.717) is 32.4 Å². The molecule has 3 aromatic carbocycles. The number of aryl methyl sites for hydroxylation is 1. The number of anilines is 1. The number of rotatable bonds is 13. The van der Waals surface area contributed by atoms with E-state index in [1.165, 1.54) is 42.7 Å². The van der Waals surface area contributed by atoms with Crippen molar-refractivity contribution in [3.05, 3.63) is 122 Å². The third-order valence-corrected chi connectivity index (χ3v) is 12.1. The van der Waals surface area contributed by atoms with Crippen molar-refractivity contribution < 1.29 is 48.3 Å². The highest BCUT2D eigenvalue weighted by Crippen LogP contribution is 2.68. The number of halogens is 9. The maximum atomic E-state index is 15.6. The van der Waals surface area contributed by atoms with Crippen LogP contribution < -0.4 is 15.6 Å². The topological polar surface area (TPSA) is 172 Å². The van der Waals surface area contributed by atoms with Crippen LogP contribution in [0.3, 0.4) is 0 Å². The summed E-state index contributed by atoms with van der Waals surface area (Å²) >= 11 is 6.58. The van der Waals surface area contributed by atoms with Crippen molar-refractivity contribution in [2.45, 2.75) is 63.6 Å². The van der Waals surface area contributed by atoms with Gasteiger partial charge in [-0.25, -0.2) is 39.7 Å². The quantitative estimate of drug-likeness (QED) is 0.111. The fraction of sp³-hybridized carbons (Fsp3) is 0.293. The molecule has 0 saturated heterocycles. The molecule has 0 spiro atoms. The summed E-state index contributed by atoms with van der Waals surface area (Å²) in [7, 11) is -4.13. The average Bonchev–Trinajstić information content (AvgIpc) is 3.74. The lowest BCUT2D eigenvalue weighted by molar-refractivity contribution is -0.123. The number of amides is 1. The Labute approximate surface area is 366 Å². The monoisotopic (exact) mass is 946 g/mol. The molecule has 0 aliphatic heterocycles. The molecule has 24 heteroatoms. The van der Waals surface area contributed by atoms with Gasteiger partial charge in [0.2, 0.25) is 15.9 Å². The standard InChI is InChI=1S/C41H31ClF8N10O4S/c1-17-33(52-8-7-51-17)19-3-4-22-26(12-19)54-39(60(40(22)62)28-6-5-25(42)32-35(28)58(15-29(45)46)56-38(32)57-65(2,63)64)27(11-18-9-20(43)13-21(44)10-18)53-30(61)16-59-36-31(34(55-59)37(47)48)23-14-24(23)41(36,49)50/h3-10,12-13,23-24,27,29,37H,11,14-16H2,1-2H3,(H,53,61)(H,56,57)/t23-,24+,27-/m0/s1. The average molecular weight is 947 g/mol. The number of nitrogens with one attached hydrogen (secondary N) is 2. The first-order valence-electron chi connectivity index (χ1n) is 19.5. The Hall–Kier alpha value is -6.49. The van der Waals surface area contributed by atoms with Gasteiger partial charge in [0.25, 0.3) is 24.3 Å². The third kappa shape index (κ3) is 7.93. The van der Waals surface area contributed by atoms with E-state index in [1.807, 2.05) is 0 Å². The van der Waals surface area contributed by atoms with Crippen LogP contribution in [0.15, 0.2) is 65.7 Å². The van der Waals surface area contributed by atoms with Gasteiger partial charge in [-0.3, -0.25) is 38.2 Å². The summed E-state index contributed by atoms with van der Waals surface area (Å²) in [6.07, 6.45) is -3.35. The maximum Gasteiger partial charge on any atom is 0.293 e. The summed E-state index contributed by atoms with van der Waals surface area (Å²) < 4.78 is 147. The number of benzene rings is 3. The van der Waals surface area contributed by atoms with Gasteiger partial charge in [0.05, 0.1) is 56.2 Å². The van der Waals surface area contributed by atoms with Gasteiger partial charge < -0.3 is 5.32 Å². The van der Waals surface area contributed by atoms with E-state index < -0.39 is 112 Å². The van der Waals surface area contributed by atoms with E-state index in [9.17, 15) is 39.6 Å². The predicted molar refractivity (Wildman–Crippen MR) is 219 cm³/mol. The summed E-state index contributed by atoms with van der Waals surface area (Å²) in [5, 5.41) is 9.80. The first kappa shape index (κ1) is 43.7. The zero-order valence-corrected chi connectivity index (χ0v) is 35.1. The molecule has 1 saturated carbocycles. The highest BCUT2D eigenvalue weighted by molar-refractivity contribution is 7.92. The van der Waals surface area contributed by atoms with Gasteiger partial charge in [-0.1, -0.05) is 17.7 Å². The fourth-order valence-electron chi connectivity index (χ4n) is 8.59. The van der Waals surface area contributed by atoms with Crippen molar-refractivity contribution in [1.82, 2.24) is 44.4 Å². The zero-order valence-electron chi connectivity index (χ0n) is 33.5. The molecule has 0 unspecified atom stereocenters. The van der Waals surface area contributed by atoms with Crippen molar-refractivity contribution in [3.8, 4) is 16.9 Å². The lowest BCUT2D eigenvalue weighted by atomic mass is 10.0. The molecule has 0 radical (unpaired) electrons. The molecule has 1 amide bonds. The molecule has 0 bridgehead atoms. The van der Waals surface area contributed by atoms with Gasteiger partial charge in [-0.15, -0.1) is 0 Å². The summed E-state index contributed by atoms with van der Waals surface area (Å²) in [6, 6.07) is 7.49. The third-order valence-electron chi connectivity index (χ3n) is 11.2. The van der Waals surface area contributed by atoms with Gasteiger partial charge in [0, 0.05) is 41.9 Å². The molecule has 3 atom stereocenters. The molecule has 4 heterocycles. The Bertz CT molecular complexity index is 3270. The first-order chi connectivity index (χ1) is 30.7. The molecule has 2 aliphatic carbocycles. The van der Waals surface area contributed by atoms with Gasteiger partial charge >= 0.3 is 0 Å². The minimum Gasteiger partial charge on any atom is -0.344 e. The molecule has 65 heavy (non-hydrogen) atoms. The Morgan fingerprint density at radius 1 is 0.985 bits per heavy atom. The van der Waals surface area contributed by atoms with Crippen molar-refractivity contribution in [2.75, 3.05) is 11.0 Å². The van der Waals surface area contributed by atoms with Crippen LogP contribution in [-0.2, 0) is 40.3 Å². The van der Waals surface area contributed by atoms with Crippen molar-refractivity contribution in [3.63, 3.8) is 0 Å². The van der Waals surface area contributed by atoms with E-state index in [4.69, 9.17) is 16.6 Å². The van der Waals surface area contributed by atoms with Crippen LogP contribution in [0.4, 0.5) is 40.9 Å². The SMILES string of the molecule is Cc1nccnc1-c1ccc2c(=O)n(-c3ccc(Cl)c4c(NS(C)(=O)=O)nn(CC(F)F)c34)c([C@H](Cc3cc(F)cc(F)c3)NC(=O)Cn3nc(C(F)F)c4c3C(F)(F)[C@@H]3C[C@H]43)nc2c1. The molecular weight excluding hydrogens is 916 g/mol. The summed E-state index contributed by atoms with van der Waals surface area (Å²) in [4.78, 5) is 42.7. The molecule has 14 nitrogen and oxygen atoms in total. The second kappa shape index (κ2) is 15.9. The highest BCUT2D eigenvalue weighted by atomic mass is 35.5. The molecule has 338 valence electrons. The second-order valence-corrected chi connectivity index (χ2v) is 17.9. The summed E-state index contributed by atoms with van der Waals surface area (Å²) in [6.45, 7) is -0.559. The van der Waals surface area contributed by atoms with Crippen molar-refractivity contribution in [2.24, 2.45) is 5.92 Å². The Morgan fingerprint density at radius 3 is 2.38 bits per heavy atom. The molecule has 2 N–H and O–H groups in total. The van der Waals surface area contributed by atoms with Gasteiger partial charge in [-0.2, -0.15) is 19.0 Å². The molecular formula is C41H31ClF8N10O4S. The molecule has 1 fully saturated rings. The lowest BCUT2D eigenvalue weighted by Gasteiger charge is -2.24. The number of aromatic nitrogens is 8. The summed E-state index contributed by atoms with van der Waals surface area (Å²) in [5.74, 6) is -9.93. The Morgan fingerprint density at radius 2 is 1.71 bits per heavy atom. The van der Waals surface area contributed by atoms with Crippen LogP contribution in [0, 0.1) is 24.5 Å². The van der Waals surface area contributed by atoms with Crippen molar-refractivity contribution >= 4 is 55.2 Å². The van der Waals surface area contributed by atoms with Crippen LogP contribution in [-0.4, -0.2) is 66.1 Å². The van der Waals surface area contributed by atoms with Crippen LogP contribution in [0.1, 0.15) is 58.8 Å². The zero-order chi connectivity index (χ0) is 46.4. The number of fused-ring (bicyclic) bond motifs is 5. The number of carbonyl (C=O) groups is 1. The largest absolute Gasteiger partial charge is 0.344 e. The number of sulfonamides is 1. The highest BCUT2D eigenvalue weighted by Gasteiger charge is 2.67. The first-order valence-corrected chi connectivity index (χ1v) is 21.8. The minimum atomic E-state index is -4.13. The van der Waals surface area contributed by atoms with Crippen LogP contribution in [0.2, 0.25) is 5.02 Å². The molecule has 7 aromatic rings. The minimum absolute atomic E-state index is 0.0484. The summed E-state index contributed by atoms with van der Waals surface area (Å²) in [5.41, 5.74) is -2.55. The lowest BCUT2D eigenvalue weighted by Crippen LogP contribution is -2.38. The number of hydrogen-bond donors (Lipinski definition) is 2. The van der Waals surface area contributed by atoms with E-state index in [2.05, 4.69) is 30.2 Å². The van der Waals surface area contributed by atoms with Crippen molar-refractivity contribution in [1.29, 1.82) is 0 Å². The smallest absolute Gasteiger partial charge is 0.293 e. The number of alkyl halides is 6. The normalized spacial score (nSPS) is 16.9.